The number of carbonyl (C=O) groups excluding carboxylic acids is 1. The Morgan fingerprint density at radius 2 is 1.44 bits per heavy atom. The van der Waals surface area contributed by atoms with E-state index in [1.54, 1.807) is 13.8 Å². The van der Waals surface area contributed by atoms with E-state index >= 15 is 0 Å². The summed E-state index contributed by atoms with van der Waals surface area (Å²) in [5, 5.41) is 2.35. The van der Waals surface area contributed by atoms with Crippen molar-refractivity contribution in [3.8, 4) is 0 Å². The Morgan fingerprint density at radius 3 is 2.00 bits per heavy atom. The van der Waals surface area contributed by atoms with Crippen molar-refractivity contribution >= 4 is 48.5 Å². The minimum Gasteiger partial charge on any atom is -0.280 e. The second-order valence-electron chi connectivity index (χ2n) is 9.29. The smallest absolute Gasteiger partial charge is 0.280 e. The number of amides is 1. The van der Waals surface area contributed by atoms with E-state index in [-0.39, 0.29) is 34.0 Å². The number of halogens is 5. The number of nitrogens with zero attached hydrogens (tertiary/aromatic N) is 3. The van der Waals surface area contributed by atoms with Crippen molar-refractivity contribution in [3.63, 3.8) is 0 Å². The summed E-state index contributed by atoms with van der Waals surface area (Å²) in [5.74, 6) is -2.61. The topological polar surface area (TPSA) is 154 Å². The van der Waals surface area contributed by atoms with E-state index in [9.17, 15) is 47.4 Å². The first-order valence-electron chi connectivity index (χ1n) is 12.6. The molecule has 0 unspecified atom stereocenters. The molecule has 1 amide bonds. The van der Waals surface area contributed by atoms with Gasteiger partial charge in [-0.05, 0) is 61.9 Å². The number of hydrazine groups is 1. The van der Waals surface area contributed by atoms with Crippen molar-refractivity contribution in [2.24, 2.45) is 10.1 Å². The highest BCUT2D eigenvalue weighted by molar-refractivity contribution is 7.86. The summed E-state index contributed by atoms with van der Waals surface area (Å²) < 4.78 is 113. The number of hydrogen-bond acceptors (Lipinski definition) is 9. The predicted octanol–water partition coefficient (Wildman–Crippen LogP) is 2.44. The number of rotatable bonds is 7. The van der Waals surface area contributed by atoms with Gasteiger partial charge in [-0.25, -0.2) is 0 Å². The molecule has 0 bridgehead atoms. The zero-order valence-corrected chi connectivity index (χ0v) is 24.7. The van der Waals surface area contributed by atoms with Crippen LogP contribution in [0.5, 0.6) is 0 Å². The van der Waals surface area contributed by atoms with Gasteiger partial charge in [0.15, 0.2) is 6.54 Å². The van der Waals surface area contributed by atoms with Crippen LogP contribution in [-0.4, -0.2) is 35.5 Å². The molecular weight excluding hydrogens is 649 g/mol. The van der Waals surface area contributed by atoms with Gasteiger partial charge in [0.05, 0.1) is 21.7 Å². The van der Waals surface area contributed by atoms with Gasteiger partial charge < -0.3 is 0 Å². The van der Waals surface area contributed by atoms with Gasteiger partial charge in [-0.2, -0.15) is 45.5 Å². The van der Waals surface area contributed by atoms with Crippen LogP contribution in [0.25, 0.3) is 10.8 Å². The molecule has 0 aromatic heterocycles. The van der Waals surface area contributed by atoms with Crippen LogP contribution in [0.2, 0.25) is 0 Å². The van der Waals surface area contributed by atoms with Crippen LogP contribution in [0, 0.1) is 6.92 Å². The molecule has 45 heavy (non-hydrogen) atoms. The number of anilines is 2. The normalized spacial score (nSPS) is 14.0. The molecular formula is C27H21F5N5O6S2+. The molecule has 0 spiro atoms. The van der Waals surface area contributed by atoms with E-state index in [1.807, 2.05) is 0 Å². The number of aryl methyl sites for hydroxylation is 1. The molecule has 0 heterocycles. The largest absolute Gasteiger partial charge is 0.473 e. The third-order valence-corrected chi connectivity index (χ3v) is 7.96. The van der Waals surface area contributed by atoms with Gasteiger partial charge >= 0.3 is 32.5 Å². The Morgan fingerprint density at radius 1 is 0.867 bits per heavy atom. The molecule has 0 atom stereocenters. The molecule has 236 valence electrons. The fourth-order valence-electron chi connectivity index (χ4n) is 4.14. The fourth-order valence-corrected chi connectivity index (χ4v) is 5.09. The van der Waals surface area contributed by atoms with Gasteiger partial charge in [0, 0.05) is 5.39 Å². The van der Waals surface area contributed by atoms with Crippen molar-refractivity contribution in [2.45, 2.75) is 29.8 Å². The molecule has 4 aromatic rings. The van der Waals surface area contributed by atoms with Crippen molar-refractivity contribution in [3.05, 3.63) is 98.6 Å². The number of fused-ring (bicyclic) bond motifs is 1. The Labute approximate surface area is 251 Å². The second-order valence-corrected chi connectivity index (χ2v) is 12.0. The molecule has 4 rings (SSSR count). The SMILES string of the molecule is CC[N+](Nc1cc(S(=O)(=O)F)ccc1C)=c1c(=O)c(=NC(=O)C(F)(F)F)c(=NNc2ccc(S(=O)(=O)F)cc2)c2ccccc12. The molecule has 11 nitrogen and oxygen atoms in total. The molecule has 4 aromatic carbocycles. The van der Waals surface area contributed by atoms with Crippen molar-refractivity contribution in [2.75, 3.05) is 17.4 Å². The Kier molecular flexibility index (Phi) is 9.02. The minimum absolute atomic E-state index is 0.0335. The first-order chi connectivity index (χ1) is 20.9. The van der Waals surface area contributed by atoms with E-state index in [2.05, 4.69) is 20.9 Å². The number of hydrogen-bond donors (Lipinski definition) is 2. The zero-order valence-electron chi connectivity index (χ0n) is 23.1. The quantitative estimate of drug-likeness (QED) is 0.132. The average Bonchev–Trinajstić information content (AvgIpc) is 2.95. The maximum atomic E-state index is 13.9. The lowest BCUT2D eigenvalue weighted by Crippen LogP contribution is -2.55. The summed E-state index contributed by atoms with van der Waals surface area (Å²) in [6.45, 7) is 3.04. The lowest BCUT2D eigenvalue weighted by atomic mass is 10.1. The standard InChI is InChI=1S/C27H20F5N5O6S2/c1-3-37(36-21-14-18(45(32,42)43)11-8-15(21)2)24-20-7-5-4-6-19(20)22(23(25(24)38)33-26(39)27(28,29)30)35-34-16-9-12-17(13-10-16)44(31,40)41/h4-14,36H,3H2,1-2H3/p+1. The molecule has 0 saturated carbocycles. The fraction of sp³-hybridized carbons (Fsp3) is 0.148. The number of nitrogens with one attached hydrogen (secondary N) is 2. The summed E-state index contributed by atoms with van der Waals surface area (Å²) in [6, 6.07) is 13.0. The first kappa shape index (κ1) is 33.1. The van der Waals surface area contributed by atoms with E-state index in [4.69, 9.17) is 0 Å². The lowest BCUT2D eigenvalue weighted by Gasteiger charge is -2.09. The second kappa shape index (κ2) is 12.3. The van der Waals surface area contributed by atoms with Crippen LogP contribution >= 0.6 is 0 Å². The van der Waals surface area contributed by atoms with Crippen molar-refractivity contribution in [1.29, 1.82) is 0 Å². The Balaban J connectivity index is 2.08. The summed E-state index contributed by atoms with van der Waals surface area (Å²) >= 11 is 0. The first-order valence-corrected chi connectivity index (χ1v) is 15.4. The van der Waals surface area contributed by atoms with Gasteiger partial charge in [0.2, 0.25) is 0 Å². The molecule has 0 radical (unpaired) electrons. The van der Waals surface area contributed by atoms with Crippen LogP contribution < -0.4 is 37.0 Å². The highest BCUT2D eigenvalue weighted by Gasteiger charge is 2.39. The molecule has 0 fully saturated rings. The summed E-state index contributed by atoms with van der Waals surface area (Å²) in [4.78, 5) is 27.6. The maximum Gasteiger partial charge on any atom is 0.473 e. The summed E-state index contributed by atoms with van der Waals surface area (Å²) in [7, 11) is -10.1. The van der Waals surface area contributed by atoms with Crippen molar-refractivity contribution in [1.82, 2.24) is 4.68 Å². The molecule has 0 saturated heterocycles. The van der Waals surface area contributed by atoms with Crippen molar-refractivity contribution < 1.29 is 42.6 Å². The number of carbonyl (C=O) groups is 1. The van der Waals surface area contributed by atoms with Crippen LogP contribution in [-0.2, 0) is 25.2 Å². The van der Waals surface area contributed by atoms with E-state index in [0.29, 0.717) is 5.56 Å². The summed E-state index contributed by atoms with van der Waals surface area (Å²) in [6.07, 6.45) is -5.46. The zero-order chi connectivity index (χ0) is 33.3. The highest BCUT2D eigenvalue weighted by Crippen LogP contribution is 2.21. The molecule has 0 aliphatic carbocycles. The molecule has 0 aliphatic heterocycles. The molecule has 18 heteroatoms. The van der Waals surface area contributed by atoms with Crippen LogP contribution in [0.3, 0.4) is 0 Å². The van der Waals surface area contributed by atoms with Crippen LogP contribution in [0.4, 0.5) is 32.3 Å². The van der Waals surface area contributed by atoms with Gasteiger partial charge in [0.1, 0.15) is 15.6 Å². The predicted molar refractivity (Wildman–Crippen MR) is 152 cm³/mol. The molecule has 0 aliphatic rings. The van der Waals surface area contributed by atoms with Crippen LogP contribution in [0.15, 0.2) is 91.4 Å². The summed E-state index contributed by atoms with van der Waals surface area (Å²) in [5.41, 5.74) is 4.53. The minimum atomic E-state index is -5.46. The lowest BCUT2D eigenvalue weighted by molar-refractivity contribution is -0.169. The van der Waals surface area contributed by atoms with E-state index in [1.165, 1.54) is 30.3 Å². The molecule has 2 N–H and O–H groups in total. The average molecular weight is 671 g/mol. The Hall–Kier alpha value is -4.84. The Bertz CT molecular complexity index is 2300. The van der Waals surface area contributed by atoms with Gasteiger partial charge in [-0.1, -0.05) is 24.3 Å². The number of benzene rings is 4. The van der Waals surface area contributed by atoms with Gasteiger partial charge in [0.25, 0.3) is 10.8 Å². The maximum absolute atomic E-state index is 13.9. The van der Waals surface area contributed by atoms with Gasteiger partial charge in [-0.3, -0.25) is 15.0 Å². The van der Waals surface area contributed by atoms with E-state index < -0.39 is 58.5 Å². The van der Waals surface area contributed by atoms with E-state index in [0.717, 1.165) is 41.1 Å². The third-order valence-electron chi connectivity index (χ3n) is 6.31. The highest BCUT2D eigenvalue weighted by atomic mass is 32.3. The van der Waals surface area contributed by atoms with Gasteiger partial charge in [-0.15, -0.1) is 12.5 Å². The third kappa shape index (κ3) is 7.28. The number of alkyl halides is 3. The monoisotopic (exact) mass is 670 g/mol. The van der Waals surface area contributed by atoms with Crippen LogP contribution in [0.1, 0.15) is 12.5 Å².